The van der Waals surface area contributed by atoms with Crippen molar-refractivity contribution in [3.8, 4) is 0 Å². The normalized spacial score (nSPS) is 10.9. The highest BCUT2D eigenvalue weighted by Gasteiger charge is 2.09. The number of fused-ring (bicyclic) bond motifs is 1. The zero-order valence-corrected chi connectivity index (χ0v) is 12.1. The van der Waals surface area contributed by atoms with Crippen LogP contribution in [0.25, 0.3) is 10.2 Å². The third-order valence-corrected chi connectivity index (χ3v) is 3.74. The van der Waals surface area contributed by atoms with E-state index in [-0.39, 0.29) is 12.2 Å². The zero-order chi connectivity index (χ0) is 14.1. The quantitative estimate of drug-likeness (QED) is 0.801. The lowest BCUT2D eigenvalue weighted by atomic mass is 10.3. The third-order valence-electron chi connectivity index (χ3n) is 2.74. The maximum Gasteiger partial charge on any atom is 0.348 e. The van der Waals surface area contributed by atoms with Gasteiger partial charge >= 0.3 is 5.69 Å². The Bertz CT molecular complexity index is 828. The molecule has 0 bridgehead atoms. The summed E-state index contributed by atoms with van der Waals surface area (Å²) in [7, 11) is 1.80. The van der Waals surface area contributed by atoms with Gasteiger partial charge in [0, 0.05) is 13.2 Å². The molecule has 0 saturated carbocycles. The summed E-state index contributed by atoms with van der Waals surface area (Å²) < 4.78 is 1.39. The van der Waals surface area contributed by atoms with Crippen LogP contribution in [0.3, 0.4) is 0 Å². The highest BCUT2D eigenvalue weighted by atomic mass is 35.5. The number of nitrogens with zero attached hydrogens (tertiary/aromatic N) is 4. The molecule has 0 unspecified atom stereocenters. The van der Waals surface area contributed by atoms with Crippen LogP contribution in [-0.2, 0) is 6.54 Å². The molecule has 0 aliphatic carbocycles. The van der Waals surface area contributed by atoms with Gasteiger partial charge in [0.05, 0.1) is 23.2 Å². The van der Waals surface area contributed by atoms with Crippen molar-refractivity contribution in [2.45, 2.75) is 6.54 Å². The molecule has 0 saturated heterocycles. The summed E-state index contributed by atoms with van der Waals surface area (Å²) >= 11 is 7.37. The van der Waals surface area contributed by atoms with Crippen LogP contribution >= 0.6 is 22.9 Å². The second-order valence-corrected chi connectivity index (χ2v) is 5.39. The van der Waals surface area contributed by atoms with Crippen LogP contribution < -0.4 is 11.0 Å². The molecule has 3 aromatic rings. The molecular weight excluding hydrogens is 298 g/mol. The van der Waals surface area contributed by atoms with E-state index >= 15 is 0 Å². The summed E-state index contributed by atoms with van der Waals surface area (Å²) in [5.74, 6) is 1.28. The molecule has 0 atom stereocenters. The molecule has 1 N–H and O–H groups in total. The van der Waals surface area contributed by atoms with E-state index in [0.717, 1.165) is 16.0 Å². The minimum Gasteiger partial charge on any atom is -0.372 e. The molecule has 3 rings (SSSR count). The molecule has 0 amide bonds. The van der Waals surface area contributed by atoms with Crippen LogP contribution in [-0.4, -0.2) is 26.6 Å². The monoisotopic (exact) mass is 307 g/mol. The van der Waals surface area contributed by atoms with Gasteiger partial charge in [-0.15, -0.1) is 11.3 Å². The van der Waals surface area contributed by atoms with Gasteiger partial charge < -0.3 is 5.32 Å². The number of rotatable bonds is 3. The predicted molar refractivity (Wildman–Crippen MR) is 79.6 cm³/mol. The van der Waals surface area contributed by atoms with Crippen LogP contribution in [0, 0.1) is 0 Å². The Kier molecular flexibility index (Phi) is 3.37. The number of thiophene rings is 1. The summed E-state index contributed by atoms with van der Waals surface area (Å²) in [5, 5.41) is 6.36. The lowest BCUT2D eigenvalue weighted by molar-refractivity contribution is 0.695. The maximum absolute atomic E-state index is 11.7. The minimum absolute atomic E-state index is 0.231. The van der Waals surface area contributed by atoms with Crippen molar-refractivity contribution in [3.05, 3.63) is 45.2 Å². The van der Waals surface area contributed by atoms with E-state index in [2.05, 4.69) is 20.3 Å². The lowest BCUT2D eigenvalue weighted by Gasteiger charge is -2.07. The predicted octanol–water partition coefficient (Wildman–Crippen LogP) is 1.99. The van der Waals surface area contributed by atoms with E-state index in [4.69, 9.17) is 11.6 Å². The molecular formula is C12H10ClN5OS. The van der Waals surface area contributed by atoms with Gasteiger partial charge in [-0.05, 0) is 11.4 Å². The highest BCUT2D eigenvalue weighted by Crippen LogP contribution is 2.24. The number of hydrogen-bond acceptors (Lipinski definition) is 6. The van der Waals surface area contributed by atoms with Crippen LogP contribution in [0.1, 0.15) is 5.82 Å². The van der Waals surface area contributed by atoms with Gasteiger partial charge in [-0.2, -0.15) is 0 Å². The SMILES string of the molecule is CNc1nc(Cn2cc(Cl)cnc2=O)nc2sccc12. The maximum atomic E-state index is 11.7. The smallest absolute Gasteiger partial charge is 0.348 e. The molecule has 0 aliphatic rings. The van der Waals surface area contributed by atoms with Gasteiger partial charge in [-0.25, -0.2) is 19.7 Å². The van der Waals surface area contributed by atoms with Crippen molar-refractivity contribution >= 4 is 39.0 Å². The van der Waals surface area contributed by atoms with Gasteiger partial charge in [-0.3, -0.25) is 4.57 Å². The van der Waals surface area contributed by atoms with Crippen LogP contribution in [0.4, 0.5) is 5.82 Å². The Morgan fingerprint density at radius 2 is 2.30 bits per heavy atom. The first kappa shape index (κ1) is 13.0. The van der Waals surface area contributed by atoms with Gasteiger partial charge in [0.15, 0.2) is 5.82 Å². The molecule has 3 heterocycles. The van der Waals surface area contributed by atoms with E-state index in [1.165, 1.54) is 28.3 Å². The van der Waals surface area contributed by atoms with Crippen molar-refractivity contribution < 1.29 is 0 Å². The summed E-state index contributed by atoms with van der Waals surface area (Å²) in [4.78, 5) is 25.1. The molecule has 0 spiro atoms. The van der Waals surface area contributed by atoms with Crippen LogP contribution in [0.5, 0.6) is 0 Å². The van der Waals surface area contributed by atoms with E-state index in [9.17, 15) is 4.79 Å². The van der Waals surface area contributed by atoms with Gasteiger partial charge in [0.1, 0.15) is 10.6 Å². The largest absolute Gasteiger partial charge is 0.372 e. The average molecular weight is 308 g/mol. The summed E-state index contributed by atoms with van der Waals surface area (Å²) in [6, 6.07) is 1.96. The van der Waals surface area contributed by atoms with Crippen molar-refractivity contribution in [2.75, 3.05) is 12.4 Å². The second-order valence-electron chi connectivity index (χ2n) is 4.06. The van der Waals surface area contributed by atoms with Gasteiger partial charge in [0.25, 0.3) is 0 Å². The second kappa shape index (κ2) is 5.18. The Labute approximate surface area is 123 Å². The number of anilines is 1. The lowest BCUT2D eigenvalue weighted by Crippen LogP contribution is -2.23. The van der Waals surface area contributed by atoms with E-state index in [1.54, 1.807) is 7.05 Å². The number of nitrogens with one attached hydrogen (secondary N) is 1. The highest BCUT2D eigenvalue weighted by molar-refractivity contribution is 7.16. The van der Waals surface area contributed by atoms with Gasteiger partial charge in [-0.1, -0.05) is 11.6 Å². The molecule has 20 heavy (non-hydrogen) atoms. The first-order chi connectivity index (χ1) is 9.67. The Hall–Kier alpha value is -1.99. The first-order valence-electron chi connectivity index (χ1n) is 5.81. The minimum atomic E-state index is -0.379. The zero-order valence-electron chi connectivity index (χ0n) is 10.5. The fourth-order valence-electron chi connectivity index (χ4n) is 1.85. The van der Waals surface area contributed by atoms with Crippen molar-refractivity contribution in [1.82, 2.24) is 19.5 Å². The molecule has 0 radical (unpaired) electrons. The topological polar surface area (TPSA) is 72.7 Å². The number of hydrogen-bond donors (Lipinski definition) is 1. The third kappa shape index (κ3) is 2.37. The Balaban J connectivity index is 2.06. The molecule has 0 aromatic carbocycles. The van der Waals surface area contributed by atoms with Crippen molar-refractivity contribution in [3.63, 3.8) is 0 Å². The van der Waals surface area contributed by atoms with Crippen LogP contribution in [0.15, 0.2) is 28.6 Å². The van der Waals surface area contributed by atoms with Crippen molar-refractivity contribution in [1.29, 1.82) is 0 Å². The van der Waals surface area contributed by atoms with E-state index < -0.39 is 0 Å². The van der Waals surface area contributed by atoms with Gasteiger partial charge in [0.2, 0.25) is 0 Å². The average Bonchev–Trinajstić information content (AvgIpc) is 2.90. The summed E-state index contributed by atoms with van der Waals surface area (Å²) in [6.07, 6.45) is 2.85. The first-order valence-corrected chi connectivity index (χ1v) is 7.07. The molecule has 102 valence electrons. The number of aromatic nitrogens is 4. The molecule has 0 fully saturated rings. The fourth-order valence-corrected chi connectivity index (χ4v) is 2.80. The number of halogens is 1. The fraction of sp³-hybridized carbons (Fsp3) is 0.167. The van der Waals surface area contributed by atoms with E-state index in [1.807, 2.05) is 11.4 Å². The molecule has 3 aromatic heterocycles. The Morgan fingerprint density at radius 3 is 3.10 bits per heavy atom. The summed E-state index contributed by atoms with van der Waals surface area (Å²) in [6.45, 7) is 0.231. The van der Waals surface area contributed by atoms with E-state index in [0.29, 0.717) is 10.8 Å². The molecule has 6 nitrogen and oxygen atoms in total. The van der Waals surface area contributed by atoms with Crippen LogP contribution in [0.2, 0.25) is 5.02 Å². The standard InChI is InChI=1S/C12H10ClN5OS/c1-14-10-8-2-3-20-11(8)17-9(16-10)6-18-5-7(13)4-15-12(18)19/h2-5H,6H2,1H3,(H,14,16,17). The van der Waals surface area contributed by atoms with Crippen molar-refractivity contribution in [2.24, 2.45) is 0 Å². The summed E-state index contributed by atoms with van der Waals surface area (Å²) in [5.41, 5.74) is -0.379. The Morgan fingerprint density at radius 1 is 1.45 bits per heavy atom. The molecule has 8 heteroatoms. The molecule has 0 aliphatic heterocycles.